The first-order chi connectivity index (χ1) is 8.49. The summed E-state index contributed by atoms with van der Waals surface area (Å²) >= 11 is 7.89. The van der Waals surface area contributed by atoms with E-state index in [1.165, 1.54) is 0 Å². The first-order valence-electron chi connectivity index (χ1n) is 5.82. The van der Waals surface area contributed by atoms with Crippen LogP contribution in [0.2, 0.25) is 5.02 Å². The van der Waals surface area contributed by atoms with Crippen LogP contribution in [-0.4, -0.2) is 14.8 Å². The second-order valence-corrected chi connectivity index (χ2v) is 5.67. The van der Waals surface area contributed by atoms with Crippen LogP contribution in [0.15, 0.2) is 5.38 Å². The van der Waals surface area contributed by atoms with E-state index in [-0.39, 0.29) is 6.04 Å². The third-order valence-corrected chi connectivity index (χ3v) is 4.48. The zero-order chi connectivity index (χ0) is 13.3. The molecule has 1 atom stereocenters. The van der Waals surface area contributed by atoms with Crippen molar-refractivity contribution in [2.45, 2.75) is 33.4 Å². The van der Waals surface area contributed by atoms with Crippen molar-refractivity contribution in [2.24, 2.45) is 7.05 Å². The SMILES string of the molecule is Cc1csc(C(C)NCc2c(Cl)c(C)nn2C)n1. The summed E-state index contributed by atoms with van der Waals surface area (Å²) in [5.74, 6) is 0. The first-order valence-corrected chi connectivity index (χ1v) is 7.08. The molecule has 0 aliphatic heterocycles. The predicted molar refractivity (Wildman–Crippen MR) is 75.1 cm³/mol. The monoisotopic (exact) mass is 284 g/mol. The highest BCUT2D eigenvalue weighted by Gasteiger charge is 2.14. The fraction of sp³-hybridized carbons (Fsp3) is 0.500. The summed E-state index contributed by atoms with van der Waals surface area (Å²) < 4.78 is 1.82. The smallest absolute Gasteiger partial charge is 0.110 e. The lowest BCUT2D eigenvalue weighted by molar-refractivity contribution is 0.545. The van der Waals surface area contributed by atoms with Gasteiger partial charge in [0.05, 0.1) is 22.5 Å². The number of halogens is 1. The highest BCUT2D eigenvalue weighted by atomic mass is 35.5. The second kappa shape index (κ2) is 5.38. The molecule has 18 heavy (non-hydrogen) atoms. The fourth-order valence-corrected chi connectivity index (χ4v) is 2.84. The van der Waals surface area contributed by atoms with Crippen LogP contribution in [0, 0.1) is 13.8 Å². The van der Waals surface area contributed by atoms with Crippen molar-refractivity contribution < 1.29 is 0 Å². The molecule has 2 aromatic rings. The van der Waals surface area contributed by atoms with Crippen molar-refractivity contribution in [1.82, 2.24) is 20.1 Å². The molecule has 2 rings (SSSR count). The van der Waals surface area contributed by atoms with Crippen LogP contribution < -0.4 is 5.32 Å². The van der Waals surface area contributed by atoms with Gasteiger partial charge in [0, 0.05) is 24.7 Å². The van der Waals surface area contributed by atoms with E-state index in [1.807, 2.05) is 25.6 Å². The Labute approximate surface area is 116 Å². The summed E-state index contributed by atoms with van der Waals surface area (Å²) in [6, 6.07) is 0.218. The van der Waals surface area contributed by atoms with Crippen LogP contribution in [0.5, 0.6) is 0 Å². The molecule has 0 aromatic carbocycles. The molecule has 0 aliphatic rings. The Bertz CT molecular complexity index is 546. The van der Waals surface area contributed by atoms with Crippen LogP contribution in [0.3, 0.4) is 0 Å². The summed E-state index contributed by atoms with van der Waals surface area (Å²) in [5, 5.41) is 11.6. The average molecular weight is 285 g/mol. The van der Waals surface area contributed by atoms with Gasteiger partial charge in [0.15, 0.2) is 0 Å². The predicted octanol–water partition coefficient (Wildman–Crippen LogP) is 3.00. The summed E-state index contributed by atoms with van der Waals surface area (Å²) in [6.07, 6.45) is 0. The lowest BCUT2D eigenvalue weighted by Crippen LogP contribution is -2.20. The van der Waals surface area contributed by atoms with Gasteiger partial charge in [-0.1, -0.05) is 11.6 Å². The summed E-state index contributed by atoms with van der Waals surface area (Å²) in [4.78, 5) is 4.47. The maximum absolute atomic E-state index is 6.21. The van der Waals surface area contributed by atoms with Crippen molar-refractivity contribution in [2.75, 3.05) is 0 Å². The molecule has 0 aliphatic carbocycles. The number of nitrogens with zero attached hydrogens (tertiary/aromatic N) is 3. The Morgan fingerprint density at radius 1 is 1.50 bits per heavy atom. The zero-order valence-electron chi connectivity index (χ0n) is 11.0. The molecule has 0 saturated carbocycles. The quantitative estimate of drug-likeness (QED) is 0.938. The average Bonchev–Trinajstić information content (AvgIpc) is 2.83. The normalized spacial score (nSPS) is 12.9. The molecular formula is C12H17ClN4S. The third kappa shape index (κ3) is 2.74. The van der Waals surface area contributed by atoms with Crippen LogP contribution in [0.25, 0.3) is 0 Å². The van der Waals surface area contributed by atoms with E-state index in [0.717, 1.165) is 27.1 Å². The Morgan fingerprint density at radius 3 is 2.72 bits per heavy atom. The van der Waals surface area contributed by atoms with E-state index in [2.05, 4.69) is 27.7 Å². The topological polar surface area (TPSA) is 42.7 Å². The minimum Gasteiger partial charge on any atom is -0.302 e. The maximum atomic E-state index is 6.21. The molecular weight excluding hydrogens is 268 g/mol. The molecule has 1 N–H and O–H groups in total. The van der Waals surface area contributed by atoms with Crippen LogP contribution in [0.1, 0.15) is 35.1 Å². The number of hydrogen-bond acceptors (Lipinski definition) is 4. The van der Waals surface area contributed by atoms with E-state index in [1.54, 1.807) is 11.3 Å². The van der Waals surface area contributed by atoms with Crippen molar-refractivity contribution in [3.05, 3.63) is 32.5 Å². The summed E-state index contributed by atoms with van der Waals surface area (Å²) in [6.45, 7) is 6.72. The van der Waals surface area contributed by atoms with Crippen molar-refractivity contribution in [3.63, 3.8) is 0 Å². The summed E-state index contributed by atoms with van der Waals surface area (Å²) in [5.41, 5.74) is 2.95. The van der Waals surface area contributed by atoms with E-state index in [9.17, 15) is 0 Å². The fourth-order valence-electron chi connectivity index (χ4n) is 1.78. The maximum Gasteiger partial charge on any atom is 0.110 e. The number of aromatic nitrogens is 3. The Balaban J connectivity index is 2.03. The van der Waals surface area contributed by atoms with Gasteiger partial charge in [-0.05, 0) is 20.8 Å². The van der Waals surface area contributed by atoms with Gasteiger partial charge in [-0.2, -0.15) is 5.10 Å². The molecule has 0 bridgehead atoms. The molecule has 4 nitrogen and oxygen atoms in total. The van der Waals surface area contributed by atoms with Crippen LogP contribution >= 0.6 is 22.9 Å². The lowest BCUT2D eigenvalue weighted by Gasteiger charge is -2.11. The van der Waals surface area contributed by atoms with E-state index >= 15 is 0 Å². The molecule has 0 radical (unpaired) electrons. The standard InChI is InChI=1S/C12H17ClN4S/c1-7-6-18-12(15-7)9(3)14-5-10-11(13)8(2)16-17(10)4/h6,9,14H,5H2,1-4H3. The Morgan fingerprint density at radius 2 is 2.22 bits per heavy atom. The minimum absolute atomic E-state index is 0.218. The Kier molecular flexibility index (Phi) is 4.04. The number of hydrogen-bond donors (Lipinski definition) is 1. The number of rotatable bonds is 4. The molecule has 6 heteroatoms. The molecule has 0 saturated heterocycles. The van der Waals surface area contributed by atoms with Gasteiger partial charge in [-0.25, -0.2) is 4.98 Å². The zero-order valence-corrected chi connectivity index (χ0v) is 12.6. The van der Waals surface area contributed by atoms with Crippen LogP contribution in [0.4, 0.5) is 0 Å². The highest BCUT2D eigenvalue weighted by Crippen LogP contribution is 2.21. The molecule has 2 heterocycles. The third-order valence-electron chi connectivity index (χ3n) is 2.84. The van der Waals surface area contributed by atoms with Crippen molar-refractivity contribution >= 4 is 22.9 Å². The van der Waals surface area contributed by atoms with Gasteiger partial charge in [0.1, 0.15) is 5.01 Å². The lowest BCUT2D eigenvalue weighted by atomic mass is 10.3. The van der Waals surface area contributed by atoms with Gasteiger partial charge in [-0.3, -0.25) is 4.68 Å². The molecule has 0 amide bonds. The molecule has 0 spiro atoms. The van der Waals surface area contributed by atoms with Gasteiger partial charge in [-0.15, -0.1) is 11.3 Å². The minimum atomic E-state index is 0.218. The first kappa shape index (κ1) is 13.5. The molecule has 98 valence electrons. The van der Waals surface area contributed by atoms with Gasteiger partial charge >= 0.3 is 0 Å². The highest BCUT2D eigenvalue weighted by molar-refractivity contribution is 7.09. The number of nitrogens with one attached hydrogen (secondary N) is 1. The molecule has 1 unspecified atom stereocenters. The van der Waals surface area contributed by atoms with Gasteiger partial charge < -0.3 is 5.32 Å². The van der Waals surface area contributed by atoms with Crippen molar-refractivity contribution in [3.8, 4) is 0 Å². The van der Waals surface area contributed by atoms with Crippen LogP contribution in [-0.2, 0) is 13.6 Å². The molecule has 2 aromatic heterocycles. The Hall–Kier alpha value is -0.910. The number of thiazole rings is 1. The van der Waals surface area contributed by atoms with Gasteiger partial charge in [0.2, 0.25) is 0 Å². The van der Waals surface area contributed by atoms with E-state index in [4.69, 9.17) is 11.6 Å². The van der Waals surface area contributed by atoms with Crippen molar-refractivity contribution in [1.29, 1.82) is 0 Å². The molecule has 0 fully saturated rings. The summed E-state index contributed by atoms with van der Waals surface area (Å²) in [7, 11) is 1.91. The largest absolute Gasteiger partial charge is 0.302 e. The van der Waals surface area contributed by atoms with E-state index < -0.39 is 0 Å². The second-order valence-electron chi connectivity index (χ2n) is 4.40. The van der Waals surface area contributed by atoms with E-state index in [0.29, 0.717) is 6.54 Å². The van der Waals surface area contributed by atoms with Gasteiger partial charge in [0.25, 0.3) is 0 Å². The number of aryl methyl sites for hydroxylation is 3.